The van der Waals surface area contributed by atoms with Gasteiger partial charge in [0, 0.05) is 13.1 Å². The average Bonchev–Trinajstić information content (AvgIpc) is 3.55. The molecule has 1 amide bonds. The highest BCUT2D eigenvalue weighted by molar-refractivity contribution is 7.20. The summed E-state index contributed by atoms with van der Waals surface area (Å²) >= 11 is 1.32. The van der Waals surface area contributed by atoms with Gasteiger partial charge in [-0.2, -0.15) is 0 Å². The highest BCUT2D eigenvalue weighted by Crippen LogP contribution is 2.36. The van der Waals surface area contributed by atoms with Crippen molar-refractivity contribution in [3.63, 3.8) is 0 Å². The maximum Gasteiger partial charge on any atom is 0.328 e. The number of benzene rings is 1. The molecule has 1 aromatic carbocycles. The molecule has 0 unspecified atom stereocenters. The number of hydrogen-bond acceptors (Lipinski definition) is 9. The van der Waals surface area contributed by atoms with E-state index in [2.05, 4.69) is 15.3 Å². The number of aromatic nitrogens is 2. The number of methoxy groups -OCH3 is 1. The standard InChI is InChI=1S/C22H22N4O5S/c1-12-17-19(23-9-13-5-6-15-16(8-13)31-11-30-15)24-10-25-20(17)32-18(12)21(27)26-7-3-4-14(26)22(28)29-2/h5-6,8,10,14H,3-4,7,9,11H2,1-2H3,(H,23,24,25)/t14-/m0/s1. The Morgan fingerprint density at radius 3 is 2.97 bits per heavy atom. The van der Waals surface area contributed by atoms with E-state index in [1.54, 1.807) is 4.90 Å². The van der Waals surface area contributed by atoms with E-state index in [-0.39, 0.29) is 18.7 Å². The first-order valence-electron chi connectivity index (χ1n) is 10.3. The molecular weight excluding hydrogens is 432 g/mol. The number of carbonyl (C=O) groups is 2. The quantitative estimate of drug-likeness (QED) is 0.587. The lowest BCUT2D eigenvalue weighted by Crippen LogP contribution is -2.41. The molecule has 2 aliphatic rings. The molecule has 0 saturated carbocycles. The molecule has 1 saturated heterocycles. The highest BCUT2D eigenvalue weighted by Gasteiger charge is 2.36. The van der Waals surface area contributed by atoms with Gasteiger partial charge in [-0.3, -0.25) is 4.79 Å². The Morgan fingerprint density at radius 2 is 2.12 bits per heavy atom. The molecular formula is C22H22N4O5S. The monoisotopic (exact) mass is 454 g/mol. The largest absolute Gasteiger partial charge is 0.467 e. The minimum atomic E-state index is -0.535. The minimum absolute atomic E-state index is 0.167. The lowest BCUT2D eigenvalue weighted by atomic mass is 10.1. The van der Waals surface area contributed by atoms with Crippen LogP contribution in [0, 0.1) is 6.92 Å². The van der Waals surface area contributed by atoms with Crippen molar-refractivity contribution in [3.05, 3.63) is 40.5 Å². The van der Waals surface area contributed by atoms with Crippen molar-refractivity contribution < 1.29 is 23.8 Å². The van der Waals surface area contributed by atoms with E-state index in [9.17, 15) is 9.59 Å². The Bertz CT molecular complexity index is 1210. The van der Waals surface area contributed by atoms with Crippen LogP contribution in [0.15, 0.2) is 24.5 Å². The minimum Gasteiger partial charge on any atom is -0.467 e. The van der Waals surface area contributed by atoms with Crippen molar-refractivity contribution in [2.75, 3.05) is 25.8 Å². The molecule has 0 radical (unpaired) electrons. The second-order valence-corrected chi connectivity index (χ2v) is 8.68. The SMILES string of the molecule is COC(=O)[C@@H]1CCCN1C(=O)c1sc2ncnc(NCc3ccc4c(c3)OCO4)c2c1C. The number of nitrogens with zero attached hydrogens (tertiary/aromatic N) is 3. The first-order chi connectivity index (χ1) is 15.6. The number of hydrogen-bond donors (Lipinski definition) is 1. The predicted molar refractivity (Wildman–Crippen MR) is 118 cm³/mol. The molecule has 9 nitrogen and oxygen atoms in total. The second kappa shape index (κ2) is 8.27. The Morgan fingerprint density at radius 1 is 1.28 bits per heavy atom. The second-order valence-electron chi connectivity index (χ2n) is 7.68. The number of thiophene rings is 1. The van der Waals surface area contributed by atoms with E-state index < -0.39 is 6.04 Å². The molecule has 0 spiro atoms. The summed E-state index contributed by atoms with van der Waals surface area (Å²) in [5.41, 5.74) is 1.82. The summed E-state index contributed by atoms with van der Waals surface area (Å²) in [6, 6.07) is 5.25. The van der Waals surface area contributed by atoms with Crippen molar-refractivity contribution in [1.29, 1.82) is 0 Å². The molecule has 3 aromatic rings. The van der Waals surface area contributed by atoms with Gasteiger partial charge in [0.15, 0.2) is 11.5 Å². The van der Waals surface area contributed by atoms with E-state index in [0.717, 1.165) is 39.3 Å². The van der Waals surface area contributed by atoms with Gasteiger partial charge in [-0.25, -0.2) is 14.8 Å². The maximum absolute atomic E-state index is 13.3. The maximum atomic E-state index is 13.3. The first kappa shape index (κ1) is 20.5. The number of rotatable bonds is 5. The van der Waals surface area contributed by atoms with Crippen LogP contribution in [0.4, 0.5) is 5.82 Å². The Hall–Kier alpha value is -3.40. The number of carbonyl (C=O) groups excluding carboxylic acids is 2. The van der Waals surface area contributed by atoms with Gasteiger partial charge >= 0.3 is 5.97 Å². The summed E-state index contributed by atoms with van der Waals surface area (Å²) in [6.45, 7) is 3.19. The number of likely N-dealkylation sites (tertiary alicyclic amines) is 1. The van der Waals surface area contributed by atoms with Crippen molar-refractivity contribution in [2.24, 2.45) is 0 Å². The molecule has 5 rings (SSSR count). The molecule has 0 bridgehead atoms. The summed E-state index contributed by atoms with van der Waals surface area (Å²) < 4.78 is 15.7. The van der Waals surface area contributed by atoms with Crippen molar-refractivity contribution in [1.82, 2.24) is 14.9 Å². The molecule has 166 valence electrons. The third kappa shape index (κ3) is 3.50. The summed E-state index contributed by atoms with van der Waals surface area (Å²) in [5, 5.41) is 4.17. The molecule has 4 heterocycles. The van der Waals surface area contributed by atoms with Crippen molar-refractivity contribution in [2.45, 2.75) is 32.4 Å². The van der Waals surface area contributed by atoms with Crippen LogP contribution < -0.4 is 14.8 Å². The molecule has 2 aromatic heterocycles. The van der Waals surface area contributed by atoms with Crippen LogP contribution in [-0.4, -0.2) is 53.2 Å². The molecule has 1 N–H and O–H groups in total. The lowest BCUT2D eigenvalue weighted by molar-refractivity contribution is -0.145. The molecule has 1 fully saturated rings. The first-order valence-corrected chi connectivity index (χ1v) is 11.1. The number of ether oxygens (including phenoxy) is 3. The fourth-order valence-electron chi connectivity index (χ4n) is 4.17. The smallest absolute Gasteiger partial charge is 0.328 e. The van der Waals surface area contributed by atoms with E-state index in [4.69, 9.17) is 14.2 Å². The molecule has 1 atom stereocenters. The van der Waals surface area contributed by atoms with Crippen LogP contribution in [0.2, 0.25) is 0 Å². The number of fused-ring (bicyclic) bond motifs is 2. The van der Waals surface area contributed by atoms with Crippen molar-refractivity contribution >= 4 is 39.2 Å². The van der Waals surface area contributed by atoms with E-state index in [1.165, 1.54) is 24.8 Å². The van der Waals surface area contributed by atoms with Gasteiger partial charge in [-0.05, 0) is 43.0 Å². The van der Waals surface area contributed by atoms with Crippen molar-refractivity contribution in [3.8, 4) is 11.5 Å². The Kier molecular flexibility index (Phi) is 5.30. The zero-order valence-corrected chi connectivity index (χ0v) is 18.5. The Labute approximate surface area is 188 Å². The van der Waals surface area contributed by atoms with Crippen LogP contribution in [-0.2, 0) is 16.1 Å². The van der Waals surface area contributed by atoms with Gasteiger partial charge in [0.05, 0.1) is 17.4 Å². The average molecular weight is 455 g/mol. The van der Waals surface area contributed by atoms with E-state index in [0.29, 0.717) is 30.2 Å². The molecule has 0 aliphatic carbocycles. The van der Waals surface area contributed by atoms with Crippen LogP contribution in [0.25, 0.3) is 10.2 Å². The van der Waals surface area contributed by atoms with Crippen LogP contribution in [0.5, 0.6) is 11.5 Å². The summed E-state index contributed by atoms with van der Waals surface area (Å²) in [7, 11) is 1.35. The van der Waals surface area contributed by atoms with Crippen LogP contribution in [0.3, 0.4) is 0 Å². The zero-order valence-electron chi connectivity index (χ0n) is 17.7. The highest BCUT2D eigenvalue weighted by atomic mass is 32.1. The molecule has 32 heavy (non-hydrogen) atoms. The van der Waals surface area contributed by atoms with Gasteiger partial charge in [0.25, 0.3) is 5.91 Å². The number of amides is 1. The Balaban J connectivity index is 1.41. The predicted octanol–water partition coefficient (Wildman–Crippen LogP) is 3.12. The summed E-state index contributed by atoms with van der Waals surface area (Å²) in [4.78, 5) is 37.1. The number of anilines is 1. The van der Waals surface area contributed by atoms with Gasteiger partial charge in [-0.1, -0.05) is 6.07 Å². The van der Waals surface area contributed by atoms with E-state index >= 15 is 0 Å². The third-order valence-electron chi connectivity index (χ3n) is 5.80. The molecule has 2 aliphatic heterocycles. The molecule has 10 heteroatoms. The van der Waals surface area contributed by atoms with Gasteiger partial charge in [-0.15, -0.1) is 11.3 Å². The van der Waals surface area contributed by atoms with Gasteiger partial charge in [0.2, 0.25) is 6.79 Å². The van der Waals surface area contributed by atoms with Gasteiger partial charge in [0.1, 0.15) is 23.0 Å². The normalized spacial score (nSPS) is 17.1. The topological polar surface area (TPSA) is 103 Å². The van der Waals surface area contributed by atoms with Gasteiger partial charge < -0.3 is 24.4 Å². The van der Waals surface area contributed by atoms with Crippen LogP contribution in [0.1, 0.15) is 33.6 Å². The third-order valence-corrected chi connectivity index (χ3v) is 6.99. The number of esters is 1. The fourth-order valence-corrected chi connectivity index (χ4v) is 5.27. The van der Waals surface area contributed by atoms with Crippen LogP contribution >= 0.6 is 11.3 Å². The lowest BCUT2D eigenvalue weighted by Gasteiger charge is -2.22. The summed E-state index contributed by atoms with van der Waals surface area (Å²) in [5.74, 6) is 1.58. The zero-order chi connectivity index (χ0) is 22.2. The fraction of sp³-hybridized carbons (Fsp3) is 0.364. The van der Waals surface area contributed by atoms with E-state index in [1.807, 2.05) is 25.1 Å². The number of aryl methyl sites for hydroxylation is 1. The number of nitrogens with one attached hydrogen (secondary N) is 1. The summed E-state index contributed by atoms with van der Waals surface area (Å²) in [6.07, 6.45) is 2.88.